The van der Waals surface area contributed by atoms with E-state index in [1.54, 1.807) is 0 Å². The zero-order chi connectivity index (χ0) is 13.7. The first-order valence-electron chi connectivity index (χ1n) is 8.41. The van der Waals surface area contributed by atoms with Gasteiger partial charge in [-0.15, -0.1) is 0 Å². The van der Waals surface area contributed by atoms with Gasteiger partial charge in [-0.2, -0.15) is 0 Å². The van der Waals surface area contributed by atoms with Crippen LogP contribution in [0.3, 0.4) is 0 Å². The summed E-state index contributed by atoms with van der Waals surface area (Å²) in [4.78, 5) is 11.7. The molecule has 0 radical (unpaired) electrons. The van der Waals surface area contributed by atoms with Gasteiger partial charge in [-0.3, -0.25) is 4.79 Å². The van der Waals surface area contributed by atoms with E-state index < -0.39 is 0 Å². The van der Waals surface area contributed by atoms with E-state index in [0.717, 1.165) is 18.8 Å². The lowest BCUT2D eigenvalue weighted by Gasteiger charge is -2.36. The summed E-state index contributed by atoms with van der Waals surface area (Å²) in [5.41, 5.74) is 0. The molecule has 2 fully saturated rings. The molecule has 0 N–H and O–H groups in total. The van der Waals surface area contributed by atoms with Crippen molar-refractivity contribution in [3.05, 3.63) is 0 Å². The maximum Gasteiger partial charge on any atom is 0.308 e. The second-order valence-electron chi connectivity index (χ2n) is 6.73. The highest BCUT2D eigenvalue weighted by Crippen LogP contribution is 2.37. The van der Waals surface area contributed by atoms with Gasteiger partial charge in [-0.05, 0) is 37.5 Å². The van der Waals surface area contributed by atoms with Crippen molar-refractivity contribution in [2.24, 2.45) is 17.8 Å². The molecule has 2 rings (SSSR count). The number of esters is 1. The van der Waals surface area contributed by atoms with Gasteiger partial charge in [0.15, 0.2) is 0 Å². The van der Waals surface area contributed by atoms with Gasteiger partial charge in [0.1, 0.15) is 6.10 Å². The Bertz CT molecular complexity index is 279. The van der Waals surface area contributed by atoms with Crippen LogP contribution in [0.4, 0.5) is 0 Å². The van der Waals surface area contributed by atoms with Crippen molar-refractivity contribution in [1.29, 1.82) is 0 Å². The fourth-order valence-corrected chi connectivity index (χ4v) is 3.72. The van der Waals surface area contributed by atoms with Gasteiger partial charge >= 0.3 is 5.97 Å². The van der Waals surface area contributed by atoms with Crippen molar-refractivity contribution in [2.45, 2.75) is 84.2 Å². The average molecular weight is 266 g/mol. The van der Waals surface area contributed by atoms with E-state index in [0.29, 0.717) is 5.92 Å². The lowest BCUT2D eigenvalue weighted by Crippen LogP contribution is -2.36. The summed E-state index contributed by atoms with van der Waals surface area (Å²) in [6.45, 7) is 4.26. The van der Waals surface area contributed by atoms with Crippen LogP contribution in [-0.2, 0) is 9.53 Å². The van der Waals surface area contributed by atoms with Crippen molar-refractivity contribution in [3.8, 4) is 0 Å². The van der Waals surface area contributed by atoms with E-state index in [2.05, 4.69) is 6.92 Å². The van der Waals surface area contributed by atoms with Crippen molar-refractivity contribution in [1.82, 2.24) is 0 Å². The normalized spacial score (nSPS) is 36.0. The molecular formula is C17H30O2. The molecule has 110 valence electrons. The standard InChI is InChI=1S/C17H30O2/c1-3-4-5-6-14-8-10-15(11-9-14)16-12-7-13(2)17(18)19-16/h13-16H,3-12H2,1-2H3. The lowest BCUT2D eigenvalue weighted by molar-refractivity contribution is -0.164. The van der Waals surface area contributed by atoms with Crippen molar-refractivity contribution < 1.29 is 9.53 Å². The van der Waals surface area contributed by atoms with Crippen LogP contribution >= 0.6 is 0 Å². The molecule has 2 unspecified atom stereocenters. The molecule has 1 saturated carbocycles. The topological polar surface area (TPSA) is 26.3 Å². The van der Waals surface area contributed by atoms with Gasteiger partial charge in [0, 0.05) is 0 Å². The largest absolute Gasteiger partial charge is 0.462 e. The lowest BCUT2D eigenvalue weighted by atomic mass is 9.76. The van der Waals surface area contributed by atoms with Crippen molar-refractivity contribution >= 4 is 5.97 Å². The predicted molar refractivity (Wildman–Crippen MR) is 77.9 cm³/mol. The van der Waals surface area contributed by atoms with Crippen LogP contribution in [0.1, 0.15) is 78.1 Å². The van der Waals surface area contributed by atoms with Crippen molar-refractivity contribution in [2.75, 3.05) is 0 Å². The molecule has 19 heavy (non-hydrogen) atoms. The molecule has 2 heteroatoms. The summed E-state index contributed by atoms with van der Waals surface area (Å²) in [6, 6.07) is 0. The van der Waals surface area contributed by atoms with Crippen LogP contribution < -0.4 is 0 Å². The maximum absolute atomic E-state index is 11.7. The van der Waals surface area contributed by atoms with Gasteiger partial charge < -0.3 is 4.74 Å². The molecule has 0 amide bonds. The second kappa shape index (κ2) is 7.31. The third kappa shape index (κ3) is 4.22. The molecule has 0 spiro atoms. The number of rotatable bonds is 5. The molecule has 2 aliphatic rings. The zero-order valence-corrected chi connectivity index (χ0v) is 12.7. The molecule has 0 aromatic rings. The van der Waals surface area contributed by atoms with E-state index in [1.807, 2.05) is 6.92 Å². The minimum Gasteiger partial charge on any atom is -0.462 e. The number of carbonyl (C=O) groups excluding carboxylic acids is 1. The summed E-state index contributed by atoms with van der Waals surface area (Å²) in [5.74, 6) is 1.77. The number of hydrogen-bond acceptors (Lipinski definition) is 2. The Kier molecular flexibility index (Phi) is 5.72. The molecule has 1 aliphatic heterocycles. The van der Waals surface area contributed by atoms with E-state index in [4.69, 9.17) is 4.74 Å². The van der Waals surface area contributed by atoms with Crippen LogP contribution in [0, 0.1) is 17.8 Å². The molecule has 0 aromatic carbocycles. The Balaban J connectivity index is 1.69. The highest BCUT2D eigenvalue weighted by Gasteiger charge is 2.34. The number of hydrogen-bond donors (Lipinski definition) is 0. The first-order chi connectivity index (χ1) is 9.20. The molecule has 1 aliphatic carbocycles. The van der Waals surface area contributed by atoms with Crippen LogP contribution in [-0.4, -0.2) is 12.1 Å². The van der Waals surface area contributed by atoms with Gasteiger partial charge in [0.25, 0.3) is 0 Å². The van der Waals surface area contributed by atoms with Crippen LogP contribution in [0.2, 0.25) is 0 Å². The molecule has 2 nitrogen and oxygen atoms in total. The smallest absolute Gasteiger partial charge is 0.308 e. The van der Waals surface area contributed by atoms with E-state index in [9.17, 15) is 4.79 Å². The molecule has 0 bridgehead atoms. The summed E-state index contributed by atoms with van der Waals surface area (Å²) in [5, 5.41) is 0. The third-order valence-electron chi connectivity index (χ3n) is 5.19. The van der Waals surface area contributed by atoms with Gasteiger partial charge in [-0.25, -0.2) is 0 Å². The Hall–Kier alpha value is -0.530. The van der Waals surface area contributed by atoms with Crippen molar-refractivity contribution in [3.63, 3.8) is 0 Å². The second-order valence-corrected chi connectivity index (χ2v) is 6.73. The maximum atomic E-state index is 11.7. The first kappa shape index (κ1) is 14.9. The molecular weight excluding hydrogens is 236 g/mol. The Morgan fingerprint density at radius 2 is 1.79 bits per heavy atom. The van der Waals surface area contributed by atoms with Crippen LogP contribution in [0.25, 0.3) is 0 Å². The minimum atomic E-state index is 0.0429. The highest BCUT2D eigenvalue weighted by molar-refractivity contribution is 5.72. The highest BCUT2D eigenvalue weighted by atomic mass is 16.5. The minimum absolute atomic E-state index is 0.0429. The average Bonchev–Trinajstić information content (AvgIpc) is 2.43. The summed E-state index contributed by atoms with van der Waals surface area (Å²) < 4.78 is 5.63. The zero-order valence-electron chi connectivity index (χ0n) is 12.7. The van der Waals surface area contributed by atoms with E-state index >= 15 is 0 Å². The number of unbranched alkanes of at least 4 members (excludes halogenated alkanes) is 2. The summed E-state index contributed by atoms with van der Waals surface area (Å²) >= 11 is 0. The molecule has 1 saturated heterocycles. The molecule has 0 aromatic heterocycles. The number of ether oxygens (including phenoxy) is 1. The van der Waals surface area contributed by atoms with E-state index in [1.165, 1.54) is 51.4 Å². The van der Waals surface area contributed by atoms with Gasteiger partial charge in [0.05, 0.1) is 5.92 Å². The Labute approximate surface area is 118 Å². The SMILES string of the molecule is CCCCCC1CCC(C2CCC(C)C(=O)O2)CC1. The fraction of sp³-hybridized carbons (Fsp3) is 0.941. The molecule has 1 heterocycles. The first-order valence-corrected chi connectivity index (χ1v) is 8.41. The quantitative estimate of drug-likeness (QED) is 0.532. The van der Waals surface area contributed by atoms with Gasteiger partial charge in [-0.1, -0.05) is 52.4 Å². The van der Waals surface area contributed by atoms with Crippen LogP contribution in [0.5, 0.6) is 0 Å². The Morgan fingerprint density at radius 3 is 2.42 bits per heavy atom. The summed E-state index contributed by atoms with van der Waals surface area (Å²) in [7, 11) is 0. The number of cyclic esters (lactones) is 1. The Morgan fingerprint density at radius 1 is 1.05 bits per heavy atom. The predicted octanol–water partition coefficient (Wildman–Crippen LogP) is 4.71. The fourth-order valence-electron chi connectivity index (χ4n) is 3.72. The monoisotopic (exact) mass is 266 g/mol. The third-order valence-corrected chi connectivity index (χ3v) is 5.19. The van der Waals surface area contributed by atoms with Gasteiger partial charge in [0.2, 0.25) is 0 Å². The summed E-state index contributed by atoms with van der Waals surface area (Å²) in [6.07, 6.45) is 13.2. The van der Waals surface area contributed by atoms with E-state index in [-0.39, 0.29) is 18.0 Å². The number of carbonyl (C=O) groups is 1. The molecule has 2 atom stereocenters. The van der Waals surface area contributed by atoms with Crippen LogP contribution in [0.15, 0.2) is 0 Å².